The minimum absolute atomic E-state index is 0.143. The molecule has 2 N–H and O–H groups in total. The number of aromatic nitrogens is 2. The normalized spacial score (nSPS) is 22.0. The van der Waals surface area contributed by atoms with E-state index in [-0.39, 0.29) is 18.7 Å². The highest BCUT2D eigenvalue weighted by Gasteiger charge is 2.45. The van der Waals surface area contributed by atoms with Crippen LogP contribution in [0.25, 0.3) is 10.2 Å². The number of ether oxygens (including phenoxy) is 1. The van der Waals surface area contributed by atoms with Gasteiger partial charge in [-0.05, 0) is 17.9 Å². The Morgan fingerprint density at radius 3 is 3.19 bits per heavy atom. The number of hydrogen-bond donors (Lipinski definition) is 2. The lowest BCUT2D eigenvalue weighted by molar-refractivity contribution is -0.150. The fraction of sp³-hybridized carbons (Fsp3) is 0.462. The summed E-state index contributed by atoms with van der Waals surface area (Å²) < 4.78 is 5.64. The number of H-pyrrole nitrogens is 1. The van der Waals surface area contributed by atoms with Gasteiger partial charge in [0.15, 0.2) is 0 Å². The van der Waals surface area contributed by atoms with E-state index in [1.807, 2.05) is 5.38 Å². The van der Waals surface area contributed by atoms with Gasteiger partial charge in [0, 0.05) is 20.2 Å². The Hall–Kier alpha value is -1.93. The Morgan fingerprint density at radius 2 is 2.48 bits per heavy atom. The fourth-order valence-corrected chi connectivity index (χ4v) is 3.42. The molecule has 0 bridgehead atoms. The van der Waals surface area contributed by atoms with Crippen molar-refractivity contribution in [3.8, 4) is 0 Å². The molecule has 1 atom stereocenters. The van der Waals surface area contributed by atoms with Crippen LogP contribution in [0.2, 0.25) is 0 Å². The molecule has 112 valence electrons. The van der Waals surface area contributed by atoms with Crippen molar-refractivity contribution < 1.29 is 14.6 Å². The molecule has 2 aromatic heterocycles. The highest BCUT2D eigenvalue weighted by molar-refractivity contribution is 7.17. The first-order valence-corrected chi connectivity index (χ1v) is 7.38. The molecule has 0 spiro atoms. The minimum Gasteiger partial charge on any atom is -0.481 e. The number of rotatable bonds is 4. The Kier molecular flexibility index (Phi) is 3.42. The van der Waals surface area contributed by atoms with Gasteiger partial charge in [-0.1, -0.05) is 0 Å². The third-order valence-corrected chi connectivity index (χ3v) is 4.73. The molecule has 0 aliphatic carbocycles. The van der Waals surface area contributed by atoms with E-state index in [1.54, 1.807) is 11.0 Å². The van der Waals surface area contributed by atoms with Crippen LogP contribution in [0.15, 0.2) is 16.2 Å². The zero-order valence-corrected chi connectivity index (χ0v) is 12.3. The molecule has 3 rings (SSSR count). The molecule has 3 heterocycles. The predicted octanol–water partition coefficient (Wildman–Crippen LogP) is 0.912. The molecule has 0 radical (unpaired) electrons. The molecule has 1 aliphatic heterocycles. The van der Waals surface area contributed by atoms with Crippen molar-refractivity contribution >= 4 is 33.5 Å². The van der Waals surface area contributed by atoms with Gasteiger partial charge in [-0.25, -0.2) is 4.98 Å². The summed E-state index contributed by atoms with van der Waals surface area (Å²) in [5.74, 6) is -0.462. The smallest absolute Gasteiger partial charge is 0.313 e. The average Bonchev–Trinajstić information content (AvgIpc) is 3.06. The summed E-state index contributed by atoms with van der Waals surface area (Å²) in [7, 11) is 1.49. The monoisotopic (exact) mass is 309 g/mol. The van der Waals surface area contributed by atoms with Gasteiger partial charge in [0.1, 0.15) is 10.1 Å². The Labute approximate surface area is 124 Å². The Morgan fingerprint density at radius 1 is 1.67 bits per heavy atom. The van der Waals surface area contributed by atoms with Crippen LogP contribution in [0.4, 0.5) is 5.95 Å². The maximum absolute atomic E-state index is 12.0. The Bertz CT molecular complexity index is 740. The summed E-state index contributed by atoms with van der Waals surface area (Å²) in [5.41, 5.74) is -0.500. The van der Waals surface area contributed by atoms with Crippen molar-refractivity contribution in [2.24, 2.45) is 5.41 Å². The summed E-state index contributed by atoms with van der Waals surface area (Å²) >= 11 is 1.34. The molecular formula is C13H15N3O4S. The van der Waals surface area contributed by atoms with Crippen LogP contribution < -0.4 is 10.5 Å². The van der Waals surface area contributed by atoms with E-state index in [1.165, 1.54) is 18.4 Å². The van der Waals surface area contributed by atoms with Crippen LogP contribution in [0.3, 0.4) is 0 Å². The van der Waals surface area contributed by atoms with Gasteiger partial charge >= 0.3 is 5.97 Å². The second kappa shape index (κ2) is 5.12. The molecule has 8 heteroatoms. The summed E-state index contributed by atoms with van der Waals surface area (Å²) in [6.07, 6.45) is 0.460. The summed E-state index contributed by atoms with van der Waals surface area (Å²) in [4.78, 5) is 32.5. The molecule has 2 aromatic rings. The minimum atomic E-state index is -0.947. The van der Waals surface area contributed by atoms with Crippen LogP contribution in [-0.2, 0) is 9.53 Å². The first-order chi connectivity index (χ1) is 10.1. The number of aliphatic carboxylic acids is 1. The van der Waals surface area contributed by atoms with Gasteiger partial charge in [0.25, 0.3) is 5.56 Å². The molecule has 0 aromatic carbocycles. The fourth-order valence-electron chi connectivity index (χ4n) is 2.69. The van der Waals surface area contributed by atoms with Crippen molar-refractivity contribution in [3.05, 3.63) is 21.8 Å². The van der Waals surface area contributed by atoms with Crippen LogP contribution >= 0.6 is 11.3 Å². The van der Waals surface area contributed by atoms with Gasteiger partial charge in [0.2, 0.25) is 5.95 Å². The number of hydrogen-bond acceptors (Lipinski definition) is 6. The highest BCUT2D eigenvalue weighted by Crippen LogP contribution is 2.33. The second-order valence-electron chi connectivity index (χ2n) is 5.21. The van der Waals surface area contributed by atoms with E-state index in [0.29, 0.717) is 29.1 Å². The highest BCUT2D eigenvalue weighted by atomic mass is 32.1. The van der Waals surface area contributed by atoms with Gasteiger partial charge in [-0.3, -0.25) is 14.6 Å². The van der Waals surface area contributed by atoms with Crippen molar-refractivity contribution in [2.45, 2.75) is 6.42 Å². The lowest BCUT2D eigenvalue weighted by atomic mass is 9.88. The van der Waals surface area contributed by atoms with E-state index in [4.69, 9.17) is 4.74 Å². The van der Waals surface area contributed by atoms with Crippen molar-refractivity contribution in [1.82, 2.24) is 9.97 Å². The number of carboxylic acid groups (broad SMARTS) is 1. The number of methoxy groups -OCH3 is 1. The number of carbonyl (C=O) groups is 1. The zero-order chi connectivity index (χ0) is 15.0. The molecule has 1 saturated heterocycles. The van der Waals surface area contributed by atoms with E-state index >= 15 is 0 Å². The number of anilines is 1. The SMILES string of the molecule is COCC1(C(=O)O)CCN(c2nc3ccsc3c(=O)[nH]2)C1. The maximum atomic E-state index is 12.0. The summed E-state index contributed by atoms with van der Waals surface area (Å²) in [6, 6.07) is 1.79. The zero-order valence-electron chi connectivity index (χ0n) is 11.5. The van der Waals surface area contributed by atoms with E-state index in [0.717, 1.165) is 0 Å². The van der Waals surface area contributed by atoms with E-state index < -0.39 is 11.4 Å². The van der Waals surface area contributed by atoms with Gasteiger partial charge in [-0.2, -0.15) is 0 Å². The first kappa shape index (κ1) is 14.0. The lowest BCUT2D eigenvalue weighted by Gasteiger charge is -2.23. The largest absolute Gasteiger partial charge is 0.481 e. The molecule has 1 unspecified atom stereocenters. The molecule has 7 nitrogen and oxygen atoms in total. The van der Waals surface area contributed by atoms with Crippen LogP contribution in [-0.4, -0.2) is 47.8 Å². The van der Waals surface area contributed by atoms with Crippen molar-refractivity contribution in [3.63, 3.8) is 0 Å². The van der Waals surface area contributed by atoms with E-state index in [9.17, 15) is 14.7 Å². The number of carboxylic acids is 1. The summed E-state index contributed by atoms with van der Waals surface area (Å²) in [6.45, 7) is 0.937. The average molecular weight is 309 g/mol. The number of thiophene rings is 1. The number of nitrogens with one attached hydrogen (secondary N) is 1. The number of nitrogens with zero attached hydrogens (tertiary/aromatic N) is 2. The van der Waals surface area contributed by atoms with Gasteiger partial charge < -0.3 is 14.7 Å². The van der Waals surface area contributed by atoms with Gasteiger partial charge in [-0.15, -0.1) is 11.3 Å². The molecular weight excluding hydrogens is 294 g/mol. The molecule has 0 amide bonds. The molecule has 21 heavy (non-hydrogen) atoms. The molecule has 1 fully saturated rings. The Balaban J connectivity index is 1.94. The van der Waals surface area contributed by atoms with Crippen molar-refractivity contribution in [2.75, 3.05) is 31.7 Å². The van der Waals surface area contributed by atoms with Crippen LogP contribution in [0, 0.1) is 5.41 Å². The third-order valence-electron chi connectivity index (χ3n) is 3.83. The quantitative estimate of drug-likeness (QED) is 0.871. The molecule has 1 aliphatic rings. The first-order valence-electron chi connectivity index (χ1n) is 6.50. The van der Waals surface area contributed by atoms with Crippen LogP contribution in [0.5, 0.6) is 0 Å². The number of fused-ring (bicyclic) bond motifs is 1. The topological polar surface area (TPSA) is 95.5 Å². The van der Waals surface area contributed by atoms with E-state index in [2.05, 4.69) is 9.97 Å². The predicted molar refractivity (Wildman–Crippen MR) is 79.0 cm³/mol. The lowest BCUT2D eigenvalue weighted by Crippen LogP contribution is -2.39. The third kappa shape index (κ3) is 2.30. The second-order valence-corrected chi connectivity index (χ2v) is 6.13. The van der Waals surface area contributed by atoms with Gasteiger partial charge in [0.05, 0.1) is 12.1 Å². The van der Waals surface area contributed by atoms with Crippen LogP contribution in [0.1, 0.15) is 6.42 Å². The molecule has 0 saturated carbocycles. The maximum Gasteiger partial charge on any atom is 0.313 e. The standard InChI is InChI=1S/C13H15N3O4S/c1-20-7-13(11(18)19)3-4-16(6-13)12-14-8-2-5-21-9(8)10(17)15-12/h2,5H,3-4,6-7H2,1H3,(H,18,19)(H,14,15,17). The number of aromatic amines is 1. The van der Waals surface area contributed by atoms with Crippen molar-refractivity contribution in [1.29, 1.82) is 0 Å². The summed E-state index contributed by atoms with van der Waals surface area (Å²) in [5, 5.41) is 11.3.